The largest absolute Gasteiger partial charge is 0.375 e. The lowest BCUT2D eigenvalue weighted by atomic mass is 9.90. The lowest BCUT2D eigenvalue weighted by Gasteiger charge is -2.37. The molecule has 1 aromatic heterocycles. The van der Waals surface area contributed by atoms with E-state index in [0.717, 1.165) is 52.0 Å². The Kier molecular flexibility index (Phi) is 6.12. The van der Waals surface area contributed by atoms with Crippen LogP contribution in [0.1, 0.15) is 57.2 Å². The predicted molar refractivity (Wildman–Crippen MR) is 97.6 cm³/mol. The standard InChI is InChI=1S/C19H32N4O2/c1-4-15-12-20-21-19(15)16-5-7-22(8-6-16)18(24)11-17-13-23(14(2)3)9-10-25-17/h12,14,16-17H,4-11,13H2,1-3H3,(H,20,21)/t17-/m0/s1. The van der Waals surface area contributed by atoms with Crippen molar-refractivity contribution < 1.29 is 9.53 Å². The number of hydrogen-bond donors (Lipinski definition) is 1. The molecule has 1 N–H and O–H groups in total. The van der Waals surface area contributed by atoms with Crippen LogP contribution < -0.4 is 0 Å². The first-order valence-electron chi connectivity index (χ1n) is 9.74. The van der Waals surface area contributed by atoms with Gasteiger partial charge >= 0.3 is 0 Å². The van der Waals surface area contributed by atoms with E-state index in [1.54, 1.807) is 0 Å². The van der Waals surface area contributed by atoms with Crippen LogP contribution >= 0.6 is 0 Å². The second-order valence-corrected chi connectivity index (χ2v) is 7.60. The van der Waals surface area contributed by atoms with Gasteiger partial charge in [-0.3, -0.25) is 14.8 Å². The molecule has 3 heterocycles. The summed E-state index contributed by atoms with van der Waals surface area (Å²) < 4.78 is 5.83. The molecule has 0 aromatic carbocycles. The topological polar surface area (TPSA) is 61.5 Å². The van der Waals surface area contributed by atoms with Gasteiger partial charge in [0, 0.05) is 43.8 Å². The number of piperidine rings is 1. The molecule has 1 aromatic rings. The summed E-state index contributed by atoms with van der Waals surface area (Å²) in [5.41, 5.74) is 2.59. The van der Waals surface area contributed by atoms with Crippen LogP contribution in [0, 0.1) is 0 Å². The normalized spacial score (nSPS) is 23.4. The zero-order valence-electron chi connectivity index (χ0n) is 15.8. The Hall–Kier alpha value is -1.40. The summed E-state index contributed by atoms with van der Waals surface area (Å²) in [5, 5.41) is 7.37. The third-order valence-electron chi connectivity index (χ3n) is 5.69. The Morgan fingerprint density at radius 1 is 1.36 bits per heavy atom. The summed E-state index contributed by atoms with van der Waals surface area (Å²) >= 11 is 0. The van der Waals surface area contributed by atoms with E-state index >= 15 is 0 Å². The maximum Gasteiger partial charge on any atom is 0.225 e. The first kappa shape index (κ1) is 18.4. The molecule has 2 fully saturated rings. The fourth-order valence-corrected chi connectivity index (χ4v) is 4.03. The quantitative estimate of drug-likeness (QED) is 0.886. The zero-order chi connectivity index (χ0) is 17.8. The third-order valence-corrected chi connectivity index (χ3v) is 5.69. The average molecular weight is 348 g/mol. The number of aromatic nitrogens is 2. The summed E-state index contributed by atoms with van der Waals surface area (Å²) in [4.78, 5) is 17.1. The number of rotatable bonds is 5. The Morgan fingerprint density at radius 3 is 2.80 bits per heavy atom. The summed E-state index contributed by atoms with van der Waals surface area (Å²) in [6.07, 6.45) is 5.54. The SMILES string of the molecule is CCc1cn[nH]c1C1CCN(C(=O)C[C@H]2CN(C(C)C)CCO2)CC1. The number of carbonyl (C=O) groups is 1. The van der Waals surface area contributed by atoms with E-state index in [2.05, 4.69) is 35.9 Å². The average Bonchev–Trinajstić information content (AvgIpc) is 3.10. The molecule has 6 nitrogen and oxygen atoms in total. The molecule has 1 amide bonds. The van der Waals surface area contributed by atoms with Gasteiger partial charge in [0.25, 0.3) is 0 Å². The molecule has 0 aliphatic carbocycles. The van der Waals surface area contributed by atoms with Gasteiger partial charge in [-0.15, -0.1) is 0 Å². The molecular formula is C19H32N4O2. The fraction of sp³-hybridized carbons (Fsp3) is 0.789. The van der Waals surface area contributed by atoms with Crippen molar-refractivity contribution in [1.82, 2.24) is 20.0 Å². The Labute approximate surface area is 150 Å². The van der Waals surface area contributed by atoms with E-state index in [-0.39, 0.29) is 12.0 Å². The predicted octanol–water partition coefficient (Wildman–Crippen LogP) is 2.18. The second kappa shape index (κ2) is 8.32. The summed E-state index contributed by atoms with van der Waals surface area (Å²) in [6.45, 7) is 10.8. The number of aromatic amines is 1. The highest BCUT2D eigenvalue weighted by Crippen LogP contribution is 2.29. The Bertz CT molecular complexity index is 564. The van der Waals surface area contributed by atoms with Gasteiger partial charge in [-0.2, -0.15) is 5.10 Å². The molecule has 0 bridgehead atoms. The number of morpholine rings is 1. The van der Waals surface area contributed by atoms with E-state index in [9.17, 15) is 4.79 Å². The van der Waals surface area contributed by atoms with E-state index in [1.165, 1.54) is 11.3 Å². The number of aryl methyl sites for hydroxylation is 1. The molecule has 6 heteroatoms. The number of carbonyl (C=O) groups excluding carboxylic acids is 1. The van der Waals surface area contributed by atoms with Crippen molar-refractivity contribution in [1.29, 1.82) is 0 Å². The molecule has 3 rings (SSSR count). The summed E-state index contributed by atoms with van der Waals surface area (Å²) in [6, 6.07) is 0.513. The highest BCUT2D eigenvalue weighted by molar-refractivity contribution is 5.76. The zero-order valence-corrected chi connectivity index (χ0v) is 15.8. The minimum atomic E-state index is 0.0423. The lowest BCUT2D eigenvalue weighted by Crippen LogP contribution is -2.48. The molecule has 0 radical (unpaired) electrons. The minimum absolute atomic E-state index is 0.0423. The van der Waals surface area contributed by atoms with Gasteiger partial charge in [-0.25, -0.2) is 0 Å². The maximum atomic E-state index is 12.7. The highest BCUT2D eigenvalue weighted by atomic mass is 16.5. The highest BCUT2D eigenvalue weighted by Gasteiger charge is 2.29. The van der Waals surface area contributed by atoms with Crippen molar-refractivity contribution in [2.45, 2.75) is 64.5 Å². The van der Waals surface area contributed by atoms with Gasteiger partial charge in [0.1, 0.15) is 0 Å². The first-order valence-corrected chi connectivity index (χ1v) is 9.74. The van der Waals surface area contributed by atoms with Crippen LogP contribution in [-0.4, -0.2) is 70.8 Å². The first-order chi connectivity index (χ1) is 12.1. The molecule has 0 saturated carbocycles. The molecule has 1 atom stereocenters. The van der Waals surface area contributed by atoms with Gasteiger partial charge in [-0.05, 0) is 38.7 Å². The van der Waals surface area contributed by atoms with Crippen molar-refractivity contribution in [3.63, 3.8) is 0 Å². The lowest BCUT2D eigenvalue weighted by molar-refractivity contribution is -0.137. The van der Waals surface area contributed by atoms with Crippen LogP contribution in [0.25, 0.3) is 0 Å². The van der Waals surface area contributed by atoms with E-state index in [0.29, 0.717) is 18.4 Å². The number of likely N-dealkylation sites (tertiary alicyclic amines) is 1. The fourth-order valence-electron chi connectivity index (χ4n) is 4.03. The molecule has 25 heavy (non-hydrogen) atoms. The number of amides is 1. The molecule has 2 saturated heterocycles. The number of ether oxygens (including phenoxy) is 1. The van der Waals surface area contributed by atoms with Crippen LogP contribution in [0.5, 0.6) is 0 Å². The summed E-state index contributed by atoms with van der Waals surface area (Å²) in [5.74, 6) is 0.748. The molecule has 2 aliphatic rings. The molecule has 0 unspecified atom stereocenters. The minimum Gasteiger partial charge on any atom is -0.375 e. The smallest absolute Gasteiger partial charge is 0.225 e. The van der Waals surface area contributed by atoms with E-state index in [4.69, 9.17) is 4.74 Å². The van der Waals surface area contributed by atoms with Crippen molar-refractivity contribution in [2.24, 2.45) is 0 Å². The van der Waals surface area contributed by atoms with Gasteiger partial charge < -0.3 is 9.64 Å². The van der Waals surface area contributed by atoms with Crippen LogP contribution in [0.2, 0.25) is 0 Å². The molecule has 140 valence electrons. The van der Waals surface area contributed by atoms with Crippen molar-refractivity contribution in [3.05, 3.63) is 17.5 Å². The van der Waals surface area contributed by atoms with Gasteiger partial charge in [0.05, 0.1) is 25.3 Å². The molecular weight excluding hydrogens is 316 g/mol. The molecule has 2 aliphatic heterocycles. The van der Waals surface area contributed by atoms with E-state index in [1.807, 2.05) is 11.1 Å². The second-order valence-electron chi connectivity index (χ2n) is 7.60. The van der Waals surface area contributed by atoms with Crippen LogP contribution in [0.15, 0.2) is 6.20 Å². The summed E-state index contributed by atoms with van der Waals surface area (Å²) in [7, 11) is 0. The molecule has 0 spiro atoms. The Balaban J connectivity index is 1.48. The van der Waals surface area contributed by atoms with Gasteiger partial charge in [0.15, 0.2) is 0 Å². The monoisotopic (exact) mass is 348 g/mol. The van der Waals surface area contributed by atoms with Crippen molar-refractivity contribution in [2.75, 3.05) is 32.8 Å². The maximum absolute atomic E-state index is 12.7. The van der Waals surface area contributed by atoms with Gasteiger partial charge in [0.2, 0.25) is 5.91 Å². The number of nitrogens with zero attached hydrogens (tertiary/aromatic N) is 3. The van der Waals surface area contributed by atoms with Crippen molar-refractivity contribution in [3.8, 4) is 0 Å². The number of hydrogen-bond acceptors (Lipinski definition) is 4. The van der Waals surface area contributed by atoms with E-state index < -0.39 is 0 Å². The number of H-pyrrole nitrogens is 1. The van der Waals surface area contributed by atoms with Crippen molar-refractivity contribution >= 4 is 5.91 Å². The van der Waals surface area contributed by atoms with Gasteiger partial charge in [-0.1, -0.05) is 6.92 Å². The number of nitrogens with one attached hydrogen (secondary N) is 1. The third kappa shape index (κ3) is 4.42. The Morgan fingerprint density at radius 2 is 2.12 bits per heavy atom. The van der Waals surface area contributed by atoms with Crippen LogP contribution in [0.4, 0.5) is 0 Å². The van der Waals surface area contributed by atoms with Crippen LogP contribution in [0.3, 0.4) is 0 Å². The van der Waals surface area contributed by atoms with Crippen LogP contribution in [-0.2, 0) is 16.0 Å².